The Hall–Kier alpha value is -1.10. The van der Waals surface area contributed by atoms with E-state index in [1.807, 2.05) is 6.92 Å². The maximum Gasteiger partial charge on any atom is 0.260 e. The quantitative estimate of drug-likeness (QED) is 0.850. The minimum absolute atomic E-state index is 0.246. The van der Waals surface area contributed by atoms with Gasteiger partial charge in [-0.25, -0.2) is 4.39 Å². The third kappa shape index (κ3) is 3.43. The predicted octanol–water partition coefficient (Wildman–Crippen LogP) is 2.78. The summed E-state index contributed by atoms with van der Waals surface area (Å²) >= 11 is 3.28. The maximum atomic E-state index is 13.5. The van der Waals surface area contributed by atoms with Crippen molar-refractivity contribution in [2.45, 2.75) is 13.3 Å². The van der Waals surface area contributed by atoms with Gasteiger partial charge in [-0.3, -0.25) is 4.79 Å². The van der Waals surface area contributed by atoms with Crippen molar-refractivity contribution in [3.05, 3.63) is 29.6 Å². The molecule has 0 radical (unpaired) electrons. The normalized spacial score (nSPS) is 10.3. The molecule has 1 aromatic carbocycles. The lowest BCUT2D eigenvalue weighted by Gasteiger charge is -2.21. The summed E-state index contributed by atoms with van der Waals surface area (Å²) in [6.07, 6.45) is 0.787. The minimum Gasteiger partial charge on any atom is -0.507 e. The number of hydrogen-bond donors (Lipinski definition) is 1. The molecule has 0 fully saturated rings. The number of hydrogen-bond acceptors (Lipinski definition) is 2. The first-order valence-corrected chi connectivity index (χ1v) is 6.56. The zero-order valence-electron chi connectivity index (χ0n) is 9.62. The molecule has 17 heavy (non-hydrogen) atoms. The summed E-state index contributed by atoms with van der Waals surface area (Å²) in [5.41, 5.74) is -0.246. The highest BCUT2D eigenvalue weighted by molar-refractivity contribution is 9.09. The molecule has 94 valence electrons. The van der Waals surface area contributed by atoms with E-state index < -0.39 is 11.7 Å². The zero-order valence-corrected chi connectivity index (χ0v) is 11.2. The molecule has 0 aromatic heterocycles. The van der Waals surface area contributed by atoms with Crippen LogP contribution >= 0.6 is 15.9 Å². The molecule has 1 amide bonds. The summed E-state index contributed by atoms with van der Waals surface area (Å²) in [5.74, 6) is -1.47. The number of rotatable bonds is 5. The Labute approximate surface area is 108 Å². The minimum atomic E-state index is -0.688. The fraction of sp³-hybridized carbons (Fsp3) is 0.417. The van der Waals surface area contributed by atoms with Gasteiger partial charge in [0.05, 0.1) is 0 Å². The predicted molar refractivity (Wildman–Crippen MR) is 68.1 cm³/mol. The Kier molecular flexibility index (Phi) is 5.41. The second-order valence-electron chi connectivity index (χ2n) is 3.56. The second-order valence-corrected chi connectivity index (χ2v) is 4.35. The van der Waals surface area contributed by atoms with Crippen LogP contribution in [0.25, 0.3) is 0 Å². The van der Waals surface area contributed by atoms with E-state index in [4.69, 9.17) is 0 Å². The molecule has 0 bridgehead atoms. The molecule has 0 heterocycles. The number of benzene rings is 1. The number of carbonyl (C=O) groups is 1. The summed E-state index contributed by atoms with van der Waals surface area (Å²) in [4.78, 5) is 13.5. The van der Waals surface area contributed by atoms with E-state index in [1.54, 1.807) is 0 Å². The SMILES string of the molecule is CCN(CCCBr)C(=O)c1c(O)cccc1F. The smallest absolute Gasteiger partial charge is 0.260 e. The molecular weight excluding hydrogens is 289 g/mol. The molecule has 0 aliphatic heterocycles. The van der Waals surface area contributed by atoms with Crippen LogP contribution in [-0.2, 0) is 0 Å². The van der Waals surface area contributed by atoms with E-state index in [2.05, 4.69) is 15.9 Å². The topological polar surface area (TPSA) is 40.5 Å². The van der Waals surface area contributed by atoms with Gasteiger partial charge in [-0.15, -0.1) is 0 Å². The van der Waals surface area contributed by atoms with Crippen LogP contribution in [0.4, 0.5) is 4.39 Å². The van der Waals surface area contributed by atoms with Gasteiger partial charge in [-0.2, -0.15) is 0 Å². The van der Waals surface area contributed by atoms with E-state index in [9.17, 15) is 14.3 Å². The van der Waals surface area contributed by atoms with Crippen molar-refractivity contribution < 1.29 is 14.3 Å². The Balaban J connectivity index is 2.93. The monoisotopic (exact) mass is 303 g/mol. The lowest BCUT2D eigenvalue weighted by atomic mass is 10.1. The Morgan fingerprint density at radius 3 is 2.76 bits per heavy atom. The van der Waals surface area contributed by atoms with Crippen molar-refractivity contribution in [3.63, 3.8) is 0 Å². The van der Waals surface area contributed by atoms with Crippen LogP contribution in [0, 0.1) is 5.82 Å². The molecule has 0 atom stereocenters. The molecule has 0 aliphatic carbocycles. The molecule has 0 unspecified atom stereocenters. The molecule has 3 nitrogen and oxygen atoms in total. The van der Waals surface area contributed by atoms with Crippen LogP contribution in [-0.4, -0.2) is 34.3 Å². The van der Waals surface area contributed by atoms with Crippen molar-refractivity contribution in [2.75, 3.05) is 18.4 Å². The molecule has 0 saturated heterocycles. The van der Waals surface area contributed by atoms with Gasteiger partial charge < -0.3 is 10.0 Å². The van der Waals surface area contributed by atoms with Gasteiger partial charge in [0.15, 0.2) is 0 Å². The van der Waals surface area contributed by atoms with Gasteiger partial charge in [-0.1, -0.05) is 22.0 Å². The highest BCUT2D eigenvalue weighted by Gasteiger charge is 2.21. The van der Waals surface area contributed by atoms with Crippen LogP contribution < -0.4 is 0 Å². The first kappa shape index (κ1) is 14.0. The number of alkyl halides is 1. The lowest BCUT2D eigenvalue weighted by Crippen LogP contribution is -2.32. The molecule has 0 aliphatic rings. The van der Waals surface area contributed by atoms with Crippen LogP contribution in [0.3, 0.4) is 0 Å². The third-order valence-corrected chi connectivity index (χ3v) is 3.00. The maximum absolute atomic E-state index is 13.5. The van der Waals surface area contributed by atoms with E-state index in [0.717, 1.165) is 11.8 Å². The van der Waals surface area contributed by atoms with E-state index >= 15 is 0 Å². The van der Waals surface area contributed by atoms with Crippen molar-refractivity contribution in [1.82, 2.24) is 4.90 Å². The van der Waals surface area contributed by atoms with E-state index in [1.165, 1.54) is 23.1 Å². The molecule has 0 saturated carbocycles. The number of phenols is 1. The highest BCUT2D eigenvalue weighted by Crippen LogP contribution is 2.21. The summed E-state index contributed by atoms with van der Waals surface area (Å²) < 4.78 is 13.5. The summed E-state index contributed by atoms with van der Waals surface area (Å²) in [6, 6.07) is 3.86. The number of halogens is 2. The van der Waals surface area contributed by atoms with Crippen LogP contribution in [0.1, 0.15) is 23.7 Å². The fourth-order valence-corrected chi connectivity index (χ4v) is 1.79. The lowest BCUT2D eigenvalue weighted by molar-refractivity contribution is 0.0757. The molecule has 1 rings (SSSR count). The Morgan fingerprint density at radius 2 is 2.24 bits per heavy atom. The summed E-state index contributed by atoms with van der Waals surface area (Å²) in [6.45, 7) is 2.85. The number of carbonyl (C=O) groups excluding carboxylic acids is 1. The number of phenolic OH excluding ortho intramolecular Hbond substituents is 1. The second kappa shape index (κ2) is 6.59. The highest BCUT2D eigenvalue weighted by atomic mass is 79.9. The van der Waals surface area contributed by atoms with Gasteiger partial charge in [0.2, 0.25) is 0 Å². The molecule has 1 N–H and O–H groups in total. The molecule has 0 spiro atoms. The van der Waals surface area contributed by atoms with Crippen molar-refractivity contribution in [1.29, 1.82) is 0 Å². The van der Waals surface area contributed by atoms with Crippen LogP contribution in [0.2, 0.25) is 0 Å². The summed E-state index contributed by atoms with van der Waals surface area (Å²) in [7, 11) is 0. The average Bonchev–Trinajstić information content (AvgIpc) is 2.30. The Bertz CT molecular complexity index is 378. The zero-order chi connectivity index (χ0) is 12.8. The molecule has 5 heteroatoms. The number of aromatic hydroxyl groups is 1. The molecular formula is C12H15BrFNO2. The average molecular weight is 304 g/mol. The van der Waals surface area contributed by atoms with Gasteiger partial charge in [-0.05, 0) is 25.5 Å². The van der Waals surface area contributed by atoms with Gasteiger partial charge in [0.1, 0.15) is 17.1 Å². The standard InChI is InChI=1S/C12H15BrFNO2/c1-2-15(8-4-7-13)12(17)11-9(14)5-3-6-10(11)16/h3,5-6,16H,2,4,7-8H2,1H3. The van der Waals surface area contributed by atoms with Gasteiger partial charge >= 0.3 is 0 Å². The first-order valence-electron chi connectivity index (χ1n) is 5.44. The summed E-state index contributed by atoms with van der Waals surface area (Å²) in [5, 5.41) is 10.3. The van der Waals surface area contributed by atoms with Crippen molar-refractivity contribution >= 4 is 21.8 Å². The number of amides is 1. The van der Waals surface area contributed by atoms with E-state index in [0.29, 0.717) is 13.1 Å². The van der Waals surface area contributed by atoms with Crippen molar-refractivity contribution in [3.8, 4) is 5.75 Å². The largest absolute Gasteiger partial charge is 0.507 e. The number of nitrogens with zero attached hydrogens (tertiary/aromatic N) is 1. The fourth-order valence-electron chi connectivity index (χ4n) is 1.54. The van der Waals surface area contributed by atoms with Gasteiger partial charge in [0, 0.05) is 18.4 Å². The molecule has 1 aromatic rings. The van der Waals surface area contributed by atoms with E-state index in [-0.39, 0.29) is 11.3 Å². The van der Waals surface area contributed by atoms with Crippen LogP contribution in [0.5, 0.6) is 5.75 Å². The Morgan fingerprint density at radius 1 is 1.53 bits per heavy atom. The van der Waals surface area contributed by atoms with Gasteiger partial charge in [0.25, 0.3) is 5.91 Å². The first-order chi connectivity index (χ1) is 8.11. The third-order valence-electron chi connectivity index (χ3n) is 2.44. The van der Waals surface area contributed by atoms with Crippen molar-refractivity contribution in [2.24, 2.45) is 0 Å². The van der Waals surface area contributed by atoms with Crippen LogP contribution in [0.15, 0.2) is 18.2 Å².